The zero-order valence-electron chi connectivity index (χ0n) is 13.3. The van der Waals surface area contributed by atoms with Crippen molar-refractivity contribution in [3.63, 3.8) is 0 Å². The first-order valence-electron chi connectivity index (χ1n) is 8.10. The highest BCUT2D eigenvalue weighted by Gasteiger charge is 2.44. The summed E-state index contributed by atoms with van der Waals surface area (Å²) >= 11 is 5.84. The number of rotatable bonds is 6. The molecule has 0 atom stereocenters. The Kier molecular flexibility index (Phi) is 5.05. The van der Waals surface area contributed by atoms with Crippen LogP contribution in [0.15, 0.2) is 48.5 Å². The van der Waals surface area contributed by atoms with Crippen molar-refractivity contribution in [3.05, 3.63) is 70.5 Å². The fourth-order valence-corrected chi connectivity index (χ4v) is 2.93. The van der Waals surface area contributed by atoms with Gasteiger partial charge in [0.1, 0.15) is 5.82 Å². The third-order valence-electron chi connectivity index (χ3n) is 4.51. The number of hydrogen-bond donors (Lipinski definition) is 2. The summed E-state index contributed by atoms with van der Waals surface area (Å²) in [4.78, 5) is 11.9. The Morgan fingerprint density at radius 3 is 2.33 bits per heavy atom. The van der Waals surface area contributed by atoms with E-state index in [9.17, 15) is 9.18 Å². The molecule has 2 aromatic rings. The van der Waals surface area contributed by atoms with Gasteiger partial charge in [0.25, 0.3) is 0 Å². The lowest BCUT2D eigenvalue weighted by Crippen LogP contribution is -2.40. The van der Waals surface area contributed by atoms with Crippen LogP contribution in [0.2, 0.25) is 5.02 Å². The monoisotopic (exact) mass is 346 g/mol. The van der Waals surface area contributed by atoms with Crippen LogP contribution < -0.4 is 10.6 Å². The maximum absolute atomic E-state index is 13.0. The molecule has 3 nitrogen and oxygen atoms in total. The van der Waals surface area contributed by atoms with E-state index in [0.717, 1.165) is 30.4 Å². The highest BCUT2D eigenvalue weighted by Crippen LogP contribution is 2.47. The second-order valence-electron chi connectivity index (χ2n) is 6.27. The molecule has 1 aliphatic rings. The van der Waals surface area contributed by atoms with Crippen LogP contribution in [0, 0.1) is 5.82 Å². The molecule has 2 N–H and O–H groups in total. The molecule has 1 fully saturated rings. The van der Waals surface area contributed by atoms with Crippen LogP contribution in [0.4, 0.5) is 9.18 Å². The Morgan fingerprint density at radius 1 is 1.04 bits per heavy atom. The molecule has 1 aliphatic carbocycles. The number of urea groups is 1. The number of carbonyl (C=O) groups excluding carboxylic acids is 1. The number of hydrogen-bond acceptors (Lipinski definition) is 1. The van der Waals surface area contributed by atoms with Crippen LogP contribution in [0.3, 0.4) is 0 Å². The minimum atomic E-state index is -0.234. The fraction of sp³-hybridized carbons (Fsp3) is 0.316. The average Bonchev–Trinajstić information content (AvgIpc) is 3.37. The van der Waals surface area contributed by atoms with Crippen molar-refractivity contribution in [1.29, 1.82) is 0 Å². The highest BCUT2D eigenvalue weighted by molar-refractivity contribution is 6.30. The van der Waals surface area contributed by atoms with E-state index in [1.807, 2.05) is 36.4 Å². The first-order valence-corrected chi connectivity index (χ1v) is 8.47. The first kappa shape index (κ1) is 16.8. The largest absolute Gasteiger partial charge is 0.338 e. The Labute approximate surface area is 146 Å². The van der Waals surface area contributed by atoms with Crippen molar-refractivity contribution < 1.29 is 9.18 Å². The van der Waals surface area contributed by atoms with Crippen LogP contribution >= 0.6 is 11.6 Å². The second-order valence-corrected chi connectivity index (χ2v) is 6.71. The van der Waals surface area contributed by atoms with E-state index in [4.69, 9.17) is 11.6 Å². The summed E-state index contributed by atoms with van der Waals surface area (Å²) in [5, 5.41) is 6.50. The van der Waals surface area contributed by atoms with E-state index in [-0.39, 0.29) is 17.3 Å². The van der Waals surface area contributed by atoms with Crippen molar-refractivity contribution in [2.24, 2.45) is 0 Å². The van der Waals surface area contributed by atoms with Gasteiger partial charge in [0.2, 0.25) is 0 Å². The number of nitrogens with one attached hydrogen (secondary N) is 2. The van der Waals surface area contributed by atoms with Crippen molar-refractivity contribution in [3.8, 4) is 0 Å². The molecule has 126 valence electrons. The molecule has 0 heterocycles. The molecule has 0 aromatic heterocycles. The van der Waals surface area contributed by atoms with E-state index in [1.165, 1.54) is 12.1 Å². The SMILES string of the molecule is O=C(NCCc1ccc(Cl)cc1)NCC1(c2ccc(F)cc2)CC1. The van der Waals surface area contributed by atoms with Crippen molar-refractivity contribution in [1.82, 2.24) is 10.6 Å². The molecule has 1 saturated carbocycles. The van der Waals surface area contributed by atoms with E-state index in [0.29, 0.717) is 18.1 Å². The average molecular weight is 347 g/mol. The number of benzene rings is 2. The molecule has 0 bridgehead atoms. The second kappa shape index (κ2) is 7.22. The Morgan fingerprint density at radius 2 is 1.71 bits per heavy atom. The van der Waals surface area contributed by atoms with E-state index in [2.05, 4.69) is 10.6 Å². The molecular formula is C19H20ClFN2O. The summed E-state index contributed by atoms with van der Waals surface area (Å²) in [5.41, 5.74) is 2.19. The molecule has 0 spiro atoms. The topological polar surface area (TPSA) is 41.1 Å². The quantitative estimate of drug-likeness (QED) is 0.814. The van der Waals surface area contributed by atoms with Crippen LogP contribution in [0.25, 0.3) is 0 Å². The lowest BCUT2D eigenvalue weighted by molar-refractivity contribution is 0.240. The number of halogens is 2. The Balaban J connectivity index is 1.42. The van der Waals surface area contributed by atoms with Gasteiger partial charge >= 0.3 is 6.03 Å². The zero-order chi connectivity index (χ0) is 17.0. The van der Waals surface area contributed by atoms with Gasteiger partial charge in [0, 0.05) is 23.5 Å². The molecule has 3 rings (SSSR count). The van der Waals surface area contributed by atoms with Gasteiger partial charge in [0.05, 0.1) is 0 Å². The van der Waals surface area contributed by atoms with E-state index in [1.54, 1.807) is 0 Å². The molecule has 2 amide bonds. The van der Waals surface area contributed by atoms with Gasteiger partial charge < -0.3 is 10.6 Å². The normalized spacial score (nSPS) is 14.9. The maximum atomic E-state index is 13.0. The highest BCUT2D eigenvalue weighted by atomic mass is 35.5. The minimum absolute atomic E-state index is 0.0266. The third-order valence-corrected chi connectivity index (χ3v) is 4.76. The molecular weight excluding hydrogens is 327 g/mol. The van der Waals surface area contributed by atoms with Crippen LogP contribution in [-0.2, 0) is 11.8 Å². The molecule has 0 unspecified atom stereocenters. The molecule has 0 aliphatic heterocycles. The minimum Gasteiger partial charge on any atom is -0.338 e. The predicted molar refractivity (Wildman–Crippen MR) is 93.9 cm³/mol. The summed E-state index contributed by atoms with van der Waals surface area (Å²) in [6, 6.07) is 14.0. The smallest absolute Gasteiger partial charge is 0.314 e. The lowest BCUT2D eigenvalue weighted by Gasteiger charge is -2.17. The standard InChI is InChI=1S/C19H20ClFN2O/c20-16-5-1-14(2-6-16)9-12-22-18(24)23-13-19(10-11-19)15-3-7-17(21)8-4-15/h1-8H,9-13H2,(H2,22,23,24). The van der Waals surface area contributed by atoms with Crippen molar-refractivity contribution in [2.75, 3.05) is 13.1 Å². The van der Waals surface area contributed by atoms with Crippen LogP contribution in [0.1, 0.15) is 24.0 Å². The third kappa shape index (κ3) is 4.26. The summed E-state index contributed by atoms with van der Waals surface area (Å²) in [6.45, 7) is 1.14. The summed E-state index contributed by atoms with van der Waals surface area (Å²) in [6.07, 6.45) is 2.79. The Bertz CT molecular complexity index is 696. The van der Waals surface area contributed by atoms with Gasteiger partial charge in [-0.25, -0.2) is 9.18 Å². The van der Waals surface area contributed by atoms with E-state index < -0.39 is 0 Å². The van der Waals surface area contributed by atoms with E-state index >= 15 is 0 Å². The summed E-state index contributed by atoms with van der Waals surface area (Å²) < 4.78 is 13.0. The molecule has 24 heavy (non-hydrogen) atoms. The van der Waals surface area contributed by atoms with Gasteiger partial charge in [-0.3, -0.25) is 0 Å². The first-order chi connectivity index (χ1) is 11.6. The van der Waals surface area contributed by atoms with Crippen LogP contribution in [0.5, 0.6) is 0 Å². The number of carbonyl (C=O) groups is 1. The number of amides is 2. The summed E-state index contributed by atoms with van der Waals surface area (Å²) in [5.74, 6) is -0.234. The van der Waals surface area contributed by atoms with Crippen molar-refractivity contribution in [2.45, 2.75) is 24.7 Å². The lowest BCUT2D eigenvalue weighted by atomic mass is 9.96. The Hall–Kier alpha value is -2.07. The van der Waals surface area contributed by atoms with Gasteiger partial charge in [-0.2, -0.15) is 0 Å². The van der Waals surface area contributed by atoms with Gasteiger partial charge in [-0.1, -0.05) is 35.9 Å². The molecule has 0 saturated heterocycles. The summed E-state index contributed by atoms with van der Waals surface area (Å²) in [7, 11) is 0. The maximum Gasteiger partial charge on any atom is 0.314 e. The van der Waals surface area contributed by atoms with Gasteiger partial charge in [-0.05, 0) is 54.7 Å². The molecule has 2 aromatic carbocycles. The molecule has 0 radical (unpaired) electrons. The van der Waals surface area contributed by atoms with Gasteiger partial charge in [-0.15, -0.1) is 0 Å². The van der Waals surface area contributed by atoms with Gasteiger partial charge in [0.15, 0.2) is 0 Å². The van der Waals surface area contributed by atoms with Crippen LogP contribution in [-0.4, -0.2) is 19.1 Å². The fourth-order valence-electron chi connectivity index (χ4n) is 2.81. The van der Waals surface area contributed by atoms with Crippen molar-refractivity contribution >= 4 is 17.6 Å². The predicted octanol–water partition coefficient (Wildman–Crippen LogP) is 4.05. The zero-order valence-corrected chi connectivity index (χ0v) is 14.1. The molecule has 5 heteroatoms.